The van der Waals surface area contributed by atoms with Crippen molar-refractivity contribution in [1.82, 2.24) is 5.32 Å². The van der Waals surface area contributed by atoms with Crippen LogP contribution in [0, 0.1) is 0 Å². The summed E-state index contributed by atoms with van der Waals surface area (Å²) < 4.78 is 37.4. The monoisotopic (exact) mass is 351 g/mol. The molecule has 0 saturated carbocycles. The number of benzene rings is 1. The Balaban J connectivity index is 1.94. The first-order valence-corrected chi connectivity index (χ1v) is 8.94. The number of thioether (sulfide) groups is 2. The Morgan fingerprint density at radius 2 is 1.73 bits per heavy atom. The first-order chi connectivity index (χ1) is 10.3. The van der Waals surface area contributed by atoms with Crippen molar-refractivity contribution < 1.29 is 23.1 Å². The fraction of sp³-hybridized carbons (Fsp3) is 0.500. The van der Waals surface area contributed by atoms with Gasteiger partial charge in [0.05, 0.1) is 11.2 Å². The molecule has 1 fully saturated rings. The largest absolute Gasteiger partial charge is 0.416 e. The number of amides is 1. The van der Waals surface area contributed by atoms with Crippen LogP contribution >= 0.6 is 23.5 Å². The zero-order valence-electron chi connectivity index (χ0n) is 11.7. The predicted octanol–water partition coefficient (Wildman–Crippen LogP) is 2.65. The van der Waals surface area contributed by atoms with E-state index in [1.807, 2.05) is 0 Å². The number of aliphatic hydroxyl groups is 1. The van der Waals surface area contributed by atoms with Gasteiger partial charge in [0.1, 0.15) is 0 Å². The maximum Gasteiger partial charge on any atom is 0.416 e. The SMILES string of the molecule is O=C(NCC1(O)CSCCSC1)c1ccc(C(F)(F)F)cc1. The van der Waals surface area contributed by atoms with Gasteiger partial charge in [0.25, 0.3) is 5.91 Å². The lowest BCUT2D eigenvalue weighted by atomic mass is 10.1. The molecule has 1 heterocycles. The minimum absolute atomic E-state index is 0.0901. The lowest BCUT2D eigenvalue weighted by Crippen LogP contribution is -2.46. The smallest absolute Gasteiger partial charge is 0.386 e. The van der Waals surface area contributed by atoms with Crippen molar-refractivity contribution in [2.45, 2.75) is 11.8 Å². The van der Waals surface area contributed by atoms with E-state index in [0.717, 1.165) is 35.8 Å². The van der Waals surface area contributed by atoms with Gasteiger partial charge in [-0.25, -0.2) is 0 Å². The maximum absolute atomic E-state index is 12.5. The molecule has 0 radical (unpaired) electrons. The molecule has 0 spiro atoms. The maximum atomic E-state index is 12.5. The van der Waals surface area contributed by atoms with Crippen LogP contribution in [0.3, 0.4) is 0 Å². The van der Waals surface area contributed by atoms with Crippen molar-refractivity contribution in [3.05, 3.63) is 35.4 Å². The summed E-state index contributed by atoms with van der Waals surface area (Å²) in [5, 5.41) is 13.0. The van der Waals surface area contributed by atoms with Crippen LogP contribution in [0.5, 0.6) is 0 Å². The minimum atomic E-state index is -4.42. The van der Waals surface area contributed by atoms with Crippen LogP contribution in [0.2, 0.25) is 0 Å². The number of hydrogen-bond acceptors (Lipinski definition) is 4. The number of hydrogen-bond donors (Lipinski definition) is 2. The van der Waals surface area contributed by atoms with Gasteiger partial charge in [0, 0.05) is 35.1 Å². The van der Waals surface area contributed by atoms with E-state index in [-0.39, 0.29) is 12.1 Å². The molecule has 0 aromatic heterocycles. The standard InChI is InChI=1S/C14H16F3NO2S2/c15-14(16,17)11-3-1-10(2-4-11)12(19)18-7-13(20)8-21-5-6-22-9-13/h1-4,20H,5-9H2,(H,18,19). The fourth-order valence-corrected chi connectivity index (χ4v) is 4.47. The molecule has 1 aliphatic heterocycles. The molecule has 122 valence electrons. The van der Waals surface area contributed by atoms with Crippen LogP contribution < -0.4 is 5.32 Å². The molecule has 2 N–H and O–H groups in total. The number of alkyl halides is 3. The number of carbonyl (C=O) groups is 1. The third-order valence-corrected chi connectivity index (χ3v) is 5.89. The molecule has 2 rings (SSSR count). The summed E-state index contributed by atoms with van der Waals surface area (Å²) in [6.07, 6.45) is -4.42. The second-order valence-electron chi connectivity index (χ2n) is 5.09. The third-order valence-electron chi connectivity index (χ3n) is 3.17. The van der Waals surface area contributed by atoms with Gasteiger partial charge >= 0.3 is 6.18 Å². The minimum Gasteiger partial charge on any atom is -0.386 e. The Labute approximate surface area is 135 Å². The third kappa shape index (κ3) is 4.82. The topological polar surface area (TPSA) is 49.3 Å². The van der Waals surface area contributed by atoms with E-state index in [4.69, 9.17) is 0 Å². The molecule has 1 aromatic carbocycles. The van der Waals surface area contributed by atoms with Crippen molar-refractivity contribution >= 4 is 29.4 Å². The van der Waals surface area contributed by atoms with E-state index in [9.17, 15) is 23.1 Å². The summed E-state index contributed by atoms with van der Waals surface area (Å²) in [6, 6.07) is 4.03. The fourth-order valence-electron chi connectivity index (χ4n) is 1.94. The number of halogens is 3. The van der Waals surface area contributed by atoms with E-state index < -0.39 is 23.2 Å². The van der Waals surface area contributed by atoms with E-state index in [2.05, 4.69) is 5.32 Å². The number of nitrogens with one attached hydrogen (secondary N) is 1. The van der Waals surface area contributed by atoms with Crippen LogP contribution in [0.25, 0.3) is 0 Å². The summed E-state index contributed by atoms with van der Waals surface area (Å²) in [6.45, 7) is 0.0901. The molecule has 22 heavy (non-hydrogen) atoms. The van der Waals surface area contributed by atoms with Crippen LogP contribution in [-0.4, -0.2) is 46.2 Å². The van der Waals surface area contributed by atoms with Crippen molar-refractivity contribution in [2.24, 2.45) is 0 Å². The highest BCUT2D eigenvalue weighted by molar-refractivity contribution is 8.03. The summed E-state index contributed by atoms with van der Waals surface area (Å²) in [4.78, 5) is 12.0. The summed E-state index contributed by atoms with van der Waals surface area (Å²) >= 11 is 3.26. The van der Waals surface area contributed by atoms with E-state index >= 15 is 0 Å². The van der Waals surface area contributed by atoms with Crippen molar-refractivity contribution in [2.75, 3.05) is 29.6 Å². The average molecular weight is 351 g/mol. The van der Waals surface area contributed by atoms with Crippen molar-refractivity contribution in [3.8, 4) is 0 Å². The lowest BCUT2D eigenvalue weighted by molar-refractivity contribution is -0.137. The molecular formula is C14H16F3NO2S2. The summed E-state index contributed by atoms with van der Waals surface area (Å²) in [5.74, 6) is 2.50. The van der Waals surface area contributed by atoms with E-state index in [0.29, 0.717) is 11.5 Å². The molecule has 3 nitrogen and oxygen atoms in total. The zero-order valence-corrected chi connectivity index (χ0v) is 13.3. The van der Waals surface area contributed by atoms with Gasteiger partial charge in [-0.1, -0.05) is 0 Å². The van der Waals surface area contributed by atoms with Gasteiger partial charge in [-0.2, -0.15) is 36.7 Å². The molecule has 1 aliphatic rings. The highest BCUT2D eigenvalue weighted by Crippen LogP contribution is 2.29. The molecule has 1 amide bonds. The molecule has 0 atom stereocenters. The van der Waals surface area contributed by atoms with Crippen molar-refractivity contribution in [1.29, 1.82) is 0 Å². The Morgan fingerprint density at radius 3 is 2.23 bits per heavy atom. The Hall–Kier alpha value is -0.860. The van der Waals surface area contributed by atoms with E-state index in [1.165, 1.54) is 0 Å². The van der Waals surface area contributed by atoms with Gasteiger partial charge in [-0.05, 0) is 24.3 Å². The normalized spacial score (nSPS) is 18.5. The van der Waals surface area contributed by atoms with Crippen molar-refractivity contribution in [3.63, 3.8) is 0 Å². The van der Waals surface area contributed by atoms with Gasteiger partial charge in [0.2, 0.25) is 0 Å². The lowest BCUT2D eigenvalue weighted by Gasteiger charge is -2.25. The van der Waals surface area contributed by atoms with Gasteiger partial charge < -0.3 is 10.4 Å². The van der Waals surface area contributed by atoms with Gasteiger partial charge in [0.15, 0.2) is 0 Å². The Kier molecular flexibility index (Phi) is 5.68. The quantitative estimate of drug-likeness (QED) is 0.879. The number of carbonyl (C=O) groups excluding carboxylic acids is 1. The van der Waals surface area contributed by atoms with Gasteiger partial charge in [-0.3, -0.25) is 4.79 Å². The Bertz CT molecular complexity index is 512. The van der Waals surface area contributed by atoms with Crippen LogP contribution in [0.4, 0.5) is 13.2 Å². The van der Waals surface area contributed by atoms with Crippen LogP contribution in [-0.2, 0) is 6.18 Å². The van der Waals surface area contributed by atoms with Crippen LogP contribution in [0.1, 0.15) is 15.9 Å². The first kappa shape index (κ1) is 17.5. The second kappa shape index (κ2) is 7.14. The average Bonchev–Trinajstić information content (AvgIpc) is 2.69. The molecule has 1 saturated heterocycles. The molecular weight excluding hydrogens is 335 g/mol. The highest BCUT2D eigenvalue weighted by Gasteiger charge is 2.31. The molecule has 0 aliphatic carbocycles. The Morgan fingerprint density at radius 1 is 1.18 bits per heavy atom. The predicted molar refractivity (Wildman–Crippen MR) is 83.4 cm³/mol. The highest BCUT2D eigenvalue weighted by atomic mass is 32.2. The first-order valence-electron chi connectivity index (χ1n) is 6.63. The summed E-state index contributed by atoms with van der Waals surface area (Å²) in [5.41, 5.74) is -1.63. The molecule has 0 unspecified atom stereocenters. The summed E-state index contributed by atoms with van der Waals surface area (Å²) in [7, 11) is 0. The number of rotatable bonds is 3. The van der Waals surface area contributed by atoms with Crippen LogP contribution in [0.15, 0.2) is 24.3 Å². The zero-order chi connectivity index (χ0) is 16.2. The second-order valence-corrected chi connectivity index (χ2v) is 7.30. The molecule has 1 aromatic rings. The molecule has 8 heteroatoms. The van der Waals surface area contributed by atoms with E-state index in [1.54, 1.807) is 23.5 Å². The van der Waals surface area contributed by atoms with Gasteiger partial charge in [-0.15, -0.1) is 0 Å². The molecule has 0 bridgehead atoms.